The lowest BCUT2D eigenvalue weighted by atomic mass is 10.0. The number of thioether (sulfide) groups is 1. The minimum absolute atomic E-state index is 0.0749. The average Bonchev–Trinajstić information content (AvgIpc) is 3.26. The molecule has 1 aliphatic carbocycles. The number of para-hydroxylation sites is 1. The Labute approximate surface area is 151 Å². The molecule has 2 aromatic rings. The van der Waals surface area contributed by atoms with E-state index in [0.717, 1.165) is 12.2 Å². The van der Waals surface area contributed by atoms with E-state index in [2.05, 4.69) is 20.5 Å². The standard InChI is InChI=1S/C18H22N4O2S/c1-12(23)14-8-4-5-9-15(14)19-17(24)11-25-18-20-16(21-22-18)10-13-6-2-3-7-13/h4-5,8-9,13H,2-3,6-7,10-11H2,1H3,(H,19,24)(H,20,21,22). The Morgan fingerprint density at radius 1 is 1.28 bits per heavy atom. The number of nitrogens with one attached hydrogen (secondary N) is 2. The Morgan fingerprint density at radius 3 is 2.80 bits per heavy atom. The molecular weight excluding hydrogens is 336 g/mol. The molecule has 1 saturated carbocycles. The van der Waals surface area contributed by atoms with Crippen molar-refractivity contribution in [2.24, 2.45) is 5.92 Å². The Bertz CT molecular complexity index is 753. The van der Waals surface area contributed by atoms with Gasteiger partial charge in [0.1, 0.15) is 5.82 Å². The van der Waals surface area contributed by atoms with E-state index in [4.69, 9.17) is 0 Å². The topological polar surface area (TPSA) is 87.7 Å². The van der Waals surface area contributed by atoms with Crippen LogP contribution in [0.2, 0.25) is 0 Å². The van der Waals surface area contributed by atoms with E-state index >= 15 is 0 Å². The Hall–Kier alpha value is -2.15. The zero-order chi connectivity index (χ0) is 17.6. The summed E-state index contributed by atoms with van der Waals surface area (Å²) in [6.45, 7) is 1.49. The number of H-pyrrole nitrogens is 1. The zero-order valence-corrected chi connectivity index (χ0v) is 15.1. The summed E-state index contributed by atoms with van der Waals surface area (Å²) in [6, 6.07) is 7.00. The number of aromatic amines is 1. The molecule has 3 rings (SSSR count). The zero-order valence-electron chi connectivity index (χ0n) is 14.2. The van der Waals surface area contributed by atoms with Crippen molar-refractivity contribution in [2.45, 2.75) is 44.2 Å². The van der Waals surface area contributed by atoms with Crippen molar-refractivity contribution in [3.05, 3.63) is 35.7 Å². The van der Waals surface area contributed by atoms with Gasteiger partial charge in [-0.25, -0.2) is 4.98 Å². The molecule has 0 atom stereocenters. The van der Waals surface area contributed by atoms with E-state index in [1.807, 2.05) is 0 Å². The summed E-state index contributed by atoms with van der Waals surface area (Å²) in [4.78, 5) is 28.2. The van der Waals surface area contributed by atoms with Gasteiger partial charge in [0.15, 0.2) is 5.78 Å². The fourth-order valence-corrected chi connectivity index (χ4v) is 3.75. The second-order valence-electron chi connectivity index (χ2n) is 6.36. The van der Waals surface area contributed by atoms with Crippen LogP contribution in [-0.2, 0) is 11.2 Å². The van der Waals surface area contributed by atoms with Gasteiger partial charge in [0, 0.05) is 12.0 Å². The van der Waals surface area contributed by atoms with Crippen molar-refractivity contribution >= 4 is 29.1 Å². The normalized spacial score (nSPS) is 14.6. The maximum atomic E-state index is 12.1. The molecule has 2 N–H and O–H groups in total. The maximum absolute atomic E-state index is 12.1. The summed E-state index contributed by atoms with van der Waals surface area (Å²) in [5, 5.41) is 10.5. The van der Waals surface area contributed by atoms with Crippen LogP contribution in [0.3, 0.4) is 0 Å². The summed E-state index contributed by atoms with van der Waals surface area (Å²) in [5.41, 5.74) is 1.05. The van der Waals surface area contributed by atoms with E-state index < -0.39 is 0 Å². The summed E-state index contributed by atoms with van der Waals surface area (Å²) in [7, 11) is 0. The van der Waals surface area contributed by atoms with Crippen molar-refractivity contribution < 1.29 is 9.59 Å². The number of ketones is 1. The lowest BCUT2D eigenvalue weighted by Crippen LogP contribution is -2.16. The largest absolute Gasteiger partial charge is 0.325 e. The second kappa shape index (κ2) is 8.29. The Balaban J connectivity index is 1.51. The van der Waals surface area contributed by atoms with Crippen LogP contribution in [0.25, 0.3) is 0 Å². The van der Waals surface area contributed by atoms with Gasteiger partial charge in [-0.1, -0.05) is 49.6 Å². The van der Waals surface area contributed by atoms with Crippen LogP contribution in [0.1, 0.15) is 48.8 Å². The third kappa shape index (κ3) is 4.92. The van der Waals surface area contributed by atoms with Crippen LogP contribution < -0.4 is 5.32 Å². The van der Waals surface area contributed by atoms with Gasteiger partial charge < -0.3 is 5.32 Å². The summed E-state index contributed by atoms with van der Waals surface area (Å²) in [6.07, 6.45) is 6.08. The predicted octanol–water partition coefficient (Wildman–Crippen LogP) is 3.47. The average molecular weight is 358 g/mol. The molecule has 1 heterocycles. The number of hydrogen-bond acceptors (Lipinski definition) is 5. The fraction of sp³-hybridized carbons (Fsp3) is 0.444. The molecule has 0 aliphatic heterocycles. The Kier molecular flexibility index (Phi) is 5.86. The van der Waals surface area contributed by atoms with Crippen LogP contribution in [-0.4, -0.2) is 32.6 Å². The molecule has 25 heavy (non-hydrogen) atoms. The number of amides is 1. The van der Waals surface area contributed by atoms with Crippen LogP contribution >= 0.6 is 11.8 Å². The highest BCUT2D eigenvalue weighted by molar-refractivity contribution is 7.99. The number of benzene rings is 1. The molecular formula is C18H22N4O2S. The van der Waals surface area contributed by atoms with Gasteiger partial charge in [-0.2, -0.15) is 0 Å². The number of carbonyl (C=O) groups is 2. The van der Waals surface area contributed by atoms with Crippen molar-refractivity contribution in [1.82, 2.24) is 15.2 Å². The minimum atomic E-state index is -0.180. The van der Waals surface area contributed by atoms with Crippen LogP contribution in [0.15, 0.2) is 29.4 Å². The molecule has 6 nitrogen and oxygen atoms in total. The number of Topliss-reactive ketones (excluding diaryl/α,β-unsaturated/α-hetero) is 1. The van der Waals surface area contributed by atoms with E-state index in [-0.39, 0.29) is 17.4 Å². The number of carbonyl (C=O) groups excluding carboxylic acids is 2. The summed E-state index contributed by atoms with van der Waals surface area (Å²) < 4.78 is 0. The molecule has 1 fully saturated rings. The highest BCUT2D eigenvalue weighted by Gasteiger charge is 2.18. The first kappa shape index (κ1) is 17.7. The van der Waals surface area contributed by atoms with E-state index in [9.17, 15) is 9.59 Å². The molecule has 0 bridgehead atoms. The second-order valence-corrected chi connectivity index (χ2v) is 7.30. The first-order valence-electron chi connectivity index (χ1n) is 8.55. The summed E-state index contributed by atoms with van der Waals surface area (Å²) in [5.74, 6) is 1.55. The lowest BCUT2D eigenvalue weighted by molar-refractivity contribution is -0.113. The van der Waals surface area contributed by atoms with Gasteiger partial charge in [-0.3, -0.25) is 14.7 Å². The highest BCUT2D eigenvalue weighted by atomic mass is 32.2. The molecule has 7 heteroatoms. The predicted molar refractivity (Wildman–Crippen MR) is 97.8 cm³/mol. The number of aromatic nitrogens is 3. The first-order chi connectivity index (χ1) is 12.1. The van der Waals surface area contributed by atoms with Crippen molar-refractivity contribution in [2.75, 3.05) is 11.1 Å². The third-order valence-corrected chi connectivity index (χ3v) is 5.23. The van der Waals surface area contributed by atoms with Gasteiger partial charge in [0.25, 0.3) is 0 Å². The molecule has 0 unspecified atom stereocenters. The molecule has 0 spiro atoms. The number of rotatable bonds is 7. The van der Waals surface area contributed by atoms with Crippen LogP contribution in [0, 0.1) is 5.92 Å². The SMILES string of the molecule is CC(=O)c1ccccc1NC(=O)CSc1n[nH]c(CC2CCCC2)n1. The van der Waals surface area contributed by atoms with E-state index in [1.54, 1.807) is 24.3 Å². The molecule has 1 aromatic heterocycles. The van der Waals surface area contributed by atoms with Gasteiger partial charge in [-0.05, 0) is 25.0 Å². The van der Waals surface area contributed by atoms with Gasteiger partial charge in [-0.15, -0.1) is 5.10 Å². The Morgan fingerprint density at radius 2 is 2.04 bits per heavy atom. The van der Waals surface area contributed by atoms with Crippen LogP contribution in [0.4, 0.5) is 5.69 Å². The first-order valence-corrected chi connectivity index (χ1v) is 9.54. The number of anilines is 1. The van der Waals surface area contributed by atoms with Crippen molar-refractivity contribution in [1.29, 1.82) is 0 Å². The third-order valence-electron chi connectivity index (χ3n) is 4.38. The molecule has 1 aromatic carbocycles. The van der Waals surface area contributed by atoms with Crippen molar-refractivity contribution in [3.63, 3.8) is 0 Å². The smallest absolute Gasteiger partial charge is 0.234 e. The van der Waals surface area contributed by atoms with E-state index in [1.165, 1.54) is 44.4 Å². The van der Waals surface area contributed by atoms with E-state index in [0.29, 0.717) is 22.3 Å². The van der Waals surface area contributed by atoms with Crippen LogP contribution in [0.5, 0.6) is 0 Å². The molecule has 0 radical (unpaired) electrons. The summed E-state index contributed by atoms with van der Waals surface area (Å²) >= 11 is 1.29. The molecule has 1 aliphatic rings. The highest BCUT2D eigenvalue weighted by Crippen LogP contribution is 2.27. The molecule has 1 amide bonds. The molecule has 132 valence electrons. The minimum Gasteiger partial charge on any atom is -0.325 e. The lowest BCUT2D eigenvalue weighted by Gasteiger charge is -2.08. The number of nitrogens with zero attached hydrogens (tertiary/aromatic N) is 2. The molecule has 0 saturated heterocycles. The number of hydrogen-bond donors (Lipinski definition) is 2. The monoisotopic (exact) mass is 358 g/mol. The quantitative estimate of drug-likeness (QED) is 0.584. The van der Waals surface area contributed by atoms with Gasteiger partial charge >= 0.3 is 0 Å². The van der Waals surface area contributed by atoms with Gasteiger partial charge in [0.05, 0.1) is 11.4 Å². The van der Waals surface area contributed by atoms with Crippen molar-refractivity contribution in [3.8, 4) is 0 Å². The fourth-order valence-electron chi connectivity index (χ4n) is 3.14. The van der Waals surface area contributed by atoms with Gasteiger partial charge in [0.2, 0.25) is 11.1 Å². The maximum Gasteiger partial charge on any atom is 0.234 e.